The summed E-state index contributed by atoms with van der Waals surface area (Å²) in [6.07, 6.45) is 4.61. The van der Waals surface area contributed by atoms with Crippen LogP contribution < -0.4 is 24.8 Å². The van der Waals surface area contributed by atoms with Gasteiger partial charge in [-0.25, -0.2) is 15.0 Å². The third-order valence-corrected chi connectivity index (χ3v) is 9.46. The van der Waals surface area contributed by atoms with E-state index in [2.05, 4.69) is 25.6 Å². The molecule has 4 N–H and O–H groups in total. The Bertz CT molecular complexity index is 2250. The lowest BCUT2D eigenvalue weighted by atomic mass is 10.1. The highest BCUT2D eigenvalue weighted by Crippen LogP contribution is 2.36. The Morgan fingerprint density at radius 1 is 0.547 bits per heavy atom. The highest BCUT2D eigenvalue weighted by Gasteiger charge is 2.25. The van der Waals surface area contributed by atoms with E-state index in [9.17, 15) is 39.0 Å². The molecule has 6 amide bonds. The van der Waals surface area contributed by atoms with Crippen LogP contribution in [-0.4, -0.2) is 143 Å². The highest BCUT2D eigenvalue weighted by molar-refractivity contribution is 6.13. The Morgan fingerprint density at radius 2 is 0.953 bits per heavy atom. The number of imide groups is 2. The number of phenols is 2. The van der Waals surface area contributed by atoms with E-state index in [-0.39, 0.29) is 131 Å². The molecule has 3 heterocycles. The molecule has 0 saturated heterocycles. The molecule has 0 unspecified atom stereocenters. The van der Waals surface area contributed by atoms with Gasteiger partial charge in [-0.3, -0.25) is 38.6 Å². The average Bonchev–Trinajstić information content (AvgIpc) is 3.80. The van der Waals surface area contributed by atoms with Crippen LogP contribution in [0.3, 0.4) is 0 Å². The molecule has 4 aromatic rings. The molecule has 0 bridgehead atoms. The van der Waals surface area contributed by atoms with E-state index in [1.807, 2.05) is 0 Å². The second-order valence-electron chi connectivity index (χ2n) is 13.8. The molecule has 334 valence electrons. The number of hydrogen-bond acceptors (Lipinski definition) is 16. The minimum absolute atomic E-state index is 0.00576. The predicted molar refractivity (Wildman–Crippen MR) is 226 cm³/mol. The average molecular weight is 880 g/mol. The molecule has 20 nitrogen and oxygen atoms in total. The maximum Gasteiger partial charge on any atom is 0.253 e. The zero-order valence-electron chi connectivity index (χ0n) is 34.7. The molecule has 6 rings (SSSR count). The molecule has 3 aromatic carbocycles. The van der Waals surface area contributed by atoms with Crippen molar-refractivity contribution in [2.24, 2.45) is 0 Å². The molecule has 1 aromatic heterocycles. The van der Waals surface area contributed by atoms with Crippen LogP contribution in [0.15, 0.2) is 85.0 Å². The minimum atomic E-state index is -0.443. The Kier molecular flexibility index (Phi) is 16.0. The van der Waals surface area contributed by atoms with Crippen molar-refractivity contribution in [3.8, 4) is 62.9 Å². The number of aromatic hydroxyl groups is 2. The number of nitrogens with one attached hydrogen (secondary N) is 2. The van der Waals surface area contributed by atoms with Gasteiger partial charge >= 0.3 is 0 Å². The first-order chi connectivity index (χ1) is 31.0. The summed E-state index contributed by atoms with van der Waals surface area (Å²) in [5.41, 5.74) is 1.14. The summed E-state index contributed by atoms with van der Waals surface area (Å²) < 4.78 is 27.8. The van der Waals surface area contributed by atoms with Crippen LogP contribution in [0, 0.1) is 0 Å². The number of hydrogen-bond donors (Lipinski definition) is 4. The van der Waals surface area contributed by atoms with Gasteiger partial charge in [0, 0.05) is 81.0 Å². The van der Waals surface area contributed by atoms with E-state index in [0.717, 1.165) is 34.1 Å². The number of carbonyl (C=O) groups is 6. The quantitative estimate of drug-likeness (QED) is 0.0579. The molecule has 0 spiro atoms. The molecule has 64 heavy (non-hydrogen) atoms. The van der Waals surface area contributed by atoms with Crippen LogP contribution in [0.1, 0.15) is 12.8 Å². The molecular formula is C44H45N7O13. The Morgan fingerprint density at radius 3 is 1.36 bits per heavy atom. The largest absolute Gasteiger partial charge is 0.507 e. The zero-order chi connectivity index (χ0) is 45.4. The van der Waals surface area contributed by atoms with Crippen LogP contribution in [0.4, 0.5) is 0 Å². The summed E-state index contributed by atoms with van der Waals surface area (Å²) in [6.45, 7) is 1.45. The van der Waals surface area contributed by atoms with E-state index >= 15 is 0 Å². The van der Waals surface area contributed by atoms with E-state index in [1.54, 1.807) is 55.6 Å². The van der Waals surface area contributed by atoms with Crippen molar-refractivity contribution in [2.75, 3.05) is 72.9 Å². The molecule has 0 atom stereocenters. The monoisotopic (exact) mass is 879 g/mol. The molecule has 0 aliphatic carbocycles. The standard InChI is InChI=1S/C44H45N7O13/c1-60-29-4-2-28(3-5-29)42-47-43(32-8-6-30(26-34(32)52)63-24-22-61-20-16-45-36(54)14-18-50-38(56)10-11-39(50)57)49-44(48-42)33-9-7-31(27-35(33)53)64-25-23-62-21-17-46-37(55)15-19-51-40(58)12-13-41(51)59/h2-13,26-27,52-53H,14-25H2,1H3,(H,45,54)(H,46,55). The van der Waals surface area contributed by atoms with E-state index < -0.39 is 23.6 Å². The van der Waals surface area contributed by atoms with E-state index in [4.69, 9.17) is 23.7 Å². The summed E-state index contributed by atoms with van der Waals surface area (Å²) >= 11 is 0. The number of nitrogens with zero attached hydrogens (tertiary/aromatic N) is 5. The maximum absolute atomic E-state index is 12.1. The van der Waals surface area contributed by atoms with Crippen molar-refractivity contribution in [1.29, 1.82) is 0 Å². The molecular weight excluding hydrogens is 835 g/mol. The highest BCUT2D eigenvalue weighted by atomic mass is 16.5. The first-order valence-corrected chi connectivity index (χ1v) is 20.1. The van der Waals surface area contributed by atoms with Crippen LogP contribution >= 0.6 is 0 Å². The van der Waals surface area contributed by atoms with Crippen molar-refractivity contribution in [3.63, 3.8) is 0 Å². The van der Waals surface area contributed by atoms with E-state index in [1.165, 1.54) is 12.1 Å². The first-order valence-electron chi connectivity index (χ1n) is 20.1. The van der Waals surface area contributed by atoms with E-state index in [0.29, 0.717) is 22.8 Å². The molecule has 2 aliphatic rings. The zero-order valence-corrected chi connectivity index (χ0v) is 34.7. The minimum Gasteiger partial charge on any atom is -0.507 e. The van der Waals surface area contributed by atoms with Crippen molar-refractivity contribution in [3.05, 3.63) is 85.0 Å². The molecule has 0 fully saturated rings. The van der Waals surface area contributed by atoms with Gasteiger partial charge in [0.1, 0.15) is 42.0 Å². The lowest BCUT2D eigenvalue weighted by Crippen LogP contribution is -2.35. The lowest BCUT2D eigenvalue weighted by molar-refractivity contribution is -0.139. The summed E-state index contributed by atoms with van der Waals surface area (Å²) in [7, 11) is 1.55. The van der Waals surface area contributed by atoms with Crippen LogP contribution in [0.25, 0.3) is 34.2 Å². The third kappa shape index (κ3) is 12.7. The summed E-state index contributed by atoms with van der Waals surface area (Å²) in [6, 6.07) is 16.3. The number of benzene rings is 3. The predicted octanol–water partition coefficient (Wildman–Crippen LogP) is 1.95. The van der Waals surface area contributed by atoms with Gasteiger partial charge in [0.15, 0.2) is 17.5 Å². The van der Waals surface area contributed by atoms with Gasteiger partial charge in [-0.15, -0.1) is 0 Å². The fourth-order valence-corrected chi connectivity index (χ4v) is 6.14. The molecule has 20 heteroatoms. The Balaban J connectivity index is 0.992. The number of methoxy groups -OCH3 is 1. The molecule has 0 radical (unpaired) electrons. The van der Waals surface area contributed by atoms with Crippen LogP contribution in [0.2, 0.25) is 0 Å². The SMILES string of the molecule is COc1ccc(-c2nc(-c3ccc(OCCOCCNC(=O)CCN4C(=O)C=CC4=O)cc3O)nc(-c3ccc(OCCOCCNC(=O)CCN4C(=O)C=CC4=O)cc3O)n2)cc1. The number of ether oxygens (including phenoxy) is 5. The van der Waals surface area contributed by atoms with Gasteiger partial charge in [-0.05, 0) is 48.5 Å². The summed E-state index contributed by atoms with van der Waals surface area (Å²) in [5, 5.41) is 27.6. The molecule has 0 saturated carbocycles. The van der Waals surface area contributed by atoms with Crippen molar-refractivity contribution < 1.29 is 62.7 Å². The lowest BCUT2D eigenvalue weighted by Gasteiger charge is -2.13. The van der Waals surface area contributed by atoms with Crippen LogP contribution in [0.5, 0.6) is 28.7 Å². The summed E-state index contributed by atoms with van der Waals surface area (Å²) in [4.78, 5) is 86.4. The number of carbonyl (C=O) groups excluding carboxylic acids is 6. The number of amides is 6. The summed E-state index contributed by atoms with van der Waals surface area (Å²) in [5.74, 6) is -1.01. The smallest absolute Gasteiger partial charge is 0.253 e. The van der Waals surface area contributed by atoms with Gasteiger partial charge < -0.3 is 44.5 Å². The van der Waals surface area contributed by atoms with Crippen LogP contribution in [-0.2, 0) is 38.2 Å². The van der Waals surface area contributed by atoms with Crippen molar-refractivity contribution in [1.82, 2.24) is 35.4 Å². The third-order valence-electron chi connectivity index (χ3n) is 9.46. The molecule has 2 aliphatic heterocycles. The number of rotatable bonds is 24. The van der Waals surface area contributed by atoms with Gasteiger partial charge in [0.05, 0.1) is 44.7 Å². The van der Waals surface area contributed by atoms with Gasteiger partial charge in [0.25, 0.3) is 23.6 Å². The first kappa shape index (κ1) is 45.8. The second-order valence-corrected chi connectivity index (χ2v) is 13.8. The maximum atomic E-state index is 12.1. The van der Waals surface area contributed by atoms with Gasteiger partial charge in [-0.2, -0.15) is 0 Å². The fraction of sp³-hybridized carbons (Fsp3) is 0.295. The number of aromatic nitrogens is 3. The van der Waals surface area contributed by atoms with Crippen molar-refractivity contribution >= 4 is 35.4 Å². The fourth-order valence-electron chi connectivity index (χ4n) is 6.14. The Hall–Kier alpha value is -7.71. The normalized spacial score (nSPS) is 13.2. The van der Waals surface area contributed by atoms with Crippen molar-refractivity contribution in [2.45, 2.75) is 12.8 Å². The Labute approximate surface area is 366 Å². The van der Waals surface area contributed by atoms with Gasteiger partial charge in [0.2, 0.25) is 11.8 Å². The number of phenolic OH excluding ortho intramolecular Hbond substituents is 2. The second kappa shape index (κ2) is 22.4. The van der Waals surface area contributed by atoms with Gasteiger partial charge in [-0.1, -0.05) is 0 Å². The topological polar surface area (TPSA) is 258 Å².